The summed E-state index contributed by atoms with van der Waals surface area (Å²) in [5.74, 6) is 1.87. The topological polar surface area (TPSA) is 9.23 Å². The molecule has 64 valence electrons. The predicted octanol–water partition coefficient (Wildman–Crippen LogP) is 3.38. The van der Waals surface area contributed by atoms with Crippen LogP contribution in [0.3, 0.4) is 0 Å². The first-order valence-corrected chi connectivity index (χ1v) is 4.07. The highest BCUT2D eigenvalue weighted by atomic mass is 16.5. The van der Waals surface area contributed by atoms with E-state index < -0.39 is 0 Å². The van der Waals surface area contributed by atoms with Gasteiger partial charge in [-0.1, -0.05) is 18.2 Å². The van der Waals surface area contributed by atoms with Gasteiger partial charge in [-0.05, 0) is 38.5 Å². The Morgan fingerprint density at radius 2 is 1.58 bits per heavy atom. The van der Waals surface area contributed by atoms with Crippen LogP contribution in [0.5, 0.6) is 5.75 Å². The Morgan fingerprint density at radius 1 is 1.00 bits per heavy atom. The van der Waals surface area contributed by atoms with Crippen LogP contribution < -0.4 is 4.74 Å². The molecule has 0 aromatic heterocycles. The molecule has 0 aliphatic carbocycles. The zero-order valence-electron chi connectivity index (χ0n) is 7.79. The van der Waals surface area contributed by atoms with Gasteiger partial charge in [-0.25, -0.2) is 0 Å². The van der Waals surface area contributed by atoms with Gasteiger partial charge in [0.05, 0.1) is 5.76 Å². The molecule has 0 N–H and O–H groups in total. The third-order valence-electron chi connectivity index (χ3n) is 1.72. The molecule has 12 heavy (non-hydrogen) atoms. The van der Waals surface area contributed by atoms with Crippen LogP contribution in [0.2, 0.25) is 0 Å². The highest BCUT2D eigenvalue weighted by Gasteiger charge is 1.94. The second kappa shape index (κ2) is 3.96. The summed E-state index contributed by atoms with van der Waals surface area (Å²) >= 11 is 0. The smallest absolute Gasteiger partial charge is 0.126 e. The Morgan fingerprint density at radius 3 is 2.08 bits per heavy atom. The first-order chi connectivity index (χ1) is 5.70. The molecule has 0 amide bonds. The van der Waals surface area contributed by atoms with Crippen LogP contribution in [0.4, 0.5) is 0 Å². The minimum Gasteiger partial charge on any atom is -0.462 e. The number of rotatable bonds is 2. The Hall–Kier alpha value is -1.24. The molecule has 0 atom stereocenters. The molecule has 1 rings (SSSR count). The predicted molar refractivity (Wildman–Crippen MR) is 51.1 cm³/mol. The van der Waals surface area contributed by atoms with Crippen molar-refractivity contribution < 1.29 is 4.74 Å². The van der Waals surface area contributed by atoms with E-state index in [1.165, 1.54) is 5.57 Å². The molecule has 1 heteroatoms. The van der Waals surface area contributed by atoms with E-state index in [1.54, 1.807) is 0 Å². The molecule has 0 unspecified atom stereocenters. The number of hydrogen-bond donors (Lipinski definition) is 0. The molecule has 0 saturated carbocycles. The van der Waals surface area contributed by atoms with Crippen molar-refractivity contribution in [3.8, 4) is 5.75 Å². The minimum absolute atomic E-state index is 0.899. The Kier molecular flexibility index (Phi) is 2.92. The average molecular weight is 162 g/mol. The number of allylic oxidation sites excluding steroid dienone is 2. The molecular weight excluding hydrogens is 148 g/mol. The maximum Gasteiger partial charge on any atom is 0.126 e. The zero-order valence-corrected chi connectivity index (χ0v) is 7.79. The summed E-state index contributed by atoms with van der Waals surface area (Å²) in [6.07, 6.45) is 0. The van der Waals surface area contributed by atoms with E-state index >= 15 is 0 Å². The van der Waals surface area contributed by atoms with Gasteiger partial charge in [-0.3, -0.25) is 0 Å². The van der Waals surface area contributed by atoms with Gasteiger partial charge in [0.1, 0.15) is 5.75 Å². The number of para-hydroxylation sites is 1. The van der Waals surface area contributed by atoms with Crippen LogP contribution in [-0.4, -0.2) is 0 Å². The highest BCUT2D eigenvalue weighted by Crippen LogP contribution is 2.14. The lowest BCUT2D eigenvalue weighted by Gasteiger charge is -2.06. The van der Waals surface area contributed by atoms with Crippen molar-refractivity contribution in [3.63, 3.8) is 0 Å². The molecule has 0 fully saturated rings. The monoisotopic (exact) mass is 162 g/mol. The highest BCUT2D eigenvalue weighted by molar-refractivity contribution is 5.23. The Bertz CT molecular complexity index is 268. The second-order valence-corrected chi connectivity index (χ2v) is 2.97. The first-order valence-electron chi connectivity index (χ1n) is 4.07. The van der Waals surface area contributed by atoms with Crippen LogP contribution in [0.15, 0.2) is 41.7 Å². The fraction of sp³-hybridized carbons (Fsp3) is 0.273. The molecular formula is C11H14O. The van der Waals surface area contributed by atoms with Crippen molar-refractivity contribution in [3.05, 3.63) is 41.7 Å². The maximum absolute atomic E-state index is 5.56. The van der Waals surface area contributed by atoms with E-state index in [0.717, 1.165) is 11.5 Å². The van der Waals surface area contributed by atoms with Crippen molar-refractivity contribution in [1.82, 2.24) is 0 Å². The standard InChI is InChI=1S/C11H14O/c1-9(2)10(3)12-11-7-5-4-6-8-11/h4-8H,1-3H3. The largest absolute Gasteiger partial charge is 0.462 e. The van der Waals surface area contributed by atoms with Crippen LogP contribution in [0.25, 0.3) is 0 Å². The molecule has 0 heterocycles. The number of ether oxygens (including phenoxy) is 1. The van der Waals surface area contributed by atoms with Gasteiger partial charge in [0.2, 0.25) is 0 Å². The van der Waals surface area contributed by atoms with Crippen LogP contribution in [0, 0.1) is 0 Å². The summed E-state index contributed by atoms with van der Waals surface area (Å²) in [6.45, 7) is 6.05. The van der Waals surface area contributed by atoms with Gasteiger partial charge in [-0.2, -0.15) is 0 Å². The van der Waals surface area contributed by atoms with Gasteiger partial charge in [-0.15, -0.1) is 0 Å². The normalized spacial score (nSPS) is 9.25. The lowest BCUT2D eigenvalue weighted by Crippen LogP contribution is -1.92. The first kappa shape index (κ1) is 8.85. The van der Waals surface area contributed by atoms with Crippen molar-refractivity contribution >= 4 is 0 Å². The molecule has 0 spiro atoms. The third-order valence-corrected chi connectivity index (χ3v) is 1.72. The van der Waals surface area contributed by atoms with Gasteiger partial charge in [0.25, 0.3) is 0 Å². The van der Waals surface area contributed by atoms with Crippen LogP contribution >= 0.6 is 0 Å². The summed E-state index contributed by atoms with van der Waals surface area (Å²) in [4.78, 5) is 0. The van der Waals surface area contributed by atoms with Crippen molar-refractivity contribution in [2.45, 2.75) is 20.8 Å². The molecule has 0 bridgehead atoms. The van der Waals surface area contributed by atoms with Crippen molar-refractivity contribution in [2.24, 2.45) is 0 Å². The number of hydrogen-bond acceptors (Lipinski definition) is 1. The van der Waals surface area contributed by atoms with Gasteiger partial charge >= 0.3 is 0 Å². The van der Waals surface area contributed by atoms with E-state index in [0.29, 0.717) is 0 Å². The van der Waals surface area contributed by atoms with E-state index in [-0.39, 0.29) is 0 Å². The summed E-state index contributed by atoms with van der Waals surface area (Å²) < 4.78 is 5.56. The van der Waals surface area contributed by atoms with Crippen LogP contribution in [-0.2, 0) is 0 Å². The molecule has 0 aliphatic heterocycles. The molecule has 0 aliphatic rings. The summed E-state index contributed by atoms with van der Waals surface area (Å²) in [5.41, 5.74) is 1.21. The fourth-order valence-corrected chi connectivity index (χ4v) is 0.767. The third kappa shape index (κ3) is 2.42. The average Bonchev–Trinajstić information content (AvgIpc) is 2.06. The SMILES string of the molecule is CC(C)=C(C)Oc1ccccc1. The Labute approximate surface area is 73.7 Å². The minimum atomic E-state index is 0.899. The van der Waals surface area contributed by atoms with Gasteiger partial charge < -0.3 is 4.74 Å². The number of benzene rings is 1. The van der Waals surface area contributed by atoms with Crippen LogP contribution in [0.1, 0.15) is 20.8 Å². The van der Waals surface area contributed by atoms with Gasteiger partial charge in [0, 0.05) is 0 Å². The maximum atomic E-state index is 5.56. The van der Waals surface area contributed by atoms with E-state index in [1.807, 2.05) is 51.1 Å². The zero-order chi connectivity index (χ0) is 8.97. The van der Waals surface area contributed by atoms with Gasteiger partial charge in [0.15, 0.2) is 0 Å². The fourth-order valence-electron chi connectivity index (χ4n) is 0.767. The Balaban J connectivity index is 2.72. The molecule has 1 nitrogen and oxygen atoms in total. The van der Waals surface area contributed by atoms with E-state index in [2.05, 4.69) is 0 Å². The summed E-state index contributed by atoms with van der Waals surface area (Å²) in [6, 6.07) is 9.81. The molecule has 0 saturated heterocycles. The quantitative estimate of drug-likeness (QED) is 0.606. The van der Waals surface area contributed by atoms with Crippen molar-refractivity contribution in [1.29, 1.82) is 0 Å². The lowest BCUT2D eigenvalue weighted by molar-refractivity contribution is 0.421. The van der Waals surface area contributed by atoms with E-state index in [9.17, 15) is 0 Å². The summed E-state index contributed by atoms with van der Waals surface area (Å²) in [7, 11) is 0. The molecule has 1 aromatic rings. The van der Waals surface area contributed by atoms with Crippen molar-refractivity contribution in [2.75, 3.05) is 0 Å². The lowest BCUT2D eigenvalue weighted by atomic mass is 10.3. The summed E-state index contributed by atoms with van der Waals surface area (Å²) in [5, 5.41) is 0. The van der Waals surface area contributed by atoms with E-state index in [4.69, 9.17) is 4.74 Å². The molecule has 0 radical (unpaired) electrons. The second-order valence-electron chi connectivity index (χ2n) is 2.97. The molecule has 1 aromatic carbocycles.